The lowest BCUT2D eigenvalue weighted by Gasteiger charge is -2.04. The molecule has 1 heterocycles. The molecule has 0 saturated heterocycles. The van der Waals surface area contributed by atoms with E-state index in [2.05, 4.69) is 11.6 Å². The van der Waals surface area contributed by atoms with Crippen molar-refractivity contribution in [3.05, 3.63) is 30.6 Å². The summed E-state index contributed by atoms with van der Waals surface area (Å²) in [6.07, 6.45) is 2.72. The van der Waals surface area contributed by atoms with Gasteiger partial charge in [0.2, 0.25) is 0 Å². The van der Waals surface area contributed by atoms with Gasteiger partial charge in [-0.25, -0.2) is 8.42 Å². The highest BCUT2D eigenvalue weighted by Gasteiger charge is 2.13. The molecule has 0 fully saturated rings. The molecule has 0 saturated carbocycles. The van der Waals surface area contributed by atoms with E-state index in [1.54, 1.807) is 19.2 Å². The van der Waals surface area contributed by atoms with Crippen LogP contribution >= 0.6 is 0 Å². The Hall–Kier alpha value is -1.16. The van der Waals surface area contributed by atoms with Gasteiger partial charge in [0.25, 0.3) is 0 Å². The summed E-state index contributed by atoms with van der Waals surface area (Å²) < 4.78 is 22.6. The van der Waals surface area contributed by atoms with Crippen LogP contribution in [0.2, 0.25) is 0 Å². The molecule has 4 heteroatoms. The smallest absolute Gasteiger partial charge is 0.177 e. The third-order valence-electron chi connectivity index (χ3n) is 1.57. The van der Waals surface area contributed by atoms with Crippen LogP contribution in [0.15, 0.2) is 29.8 Å². The zero-order chi connectivity index (χ0) is 10.1. The zero-order valence-electron chi connectivity index (χ0n) is 7.61. The van der Waals surface area contributed by atoms with Gasteiger partial charge in [0.15, 0.2) is 9.84 Å². The molecule has 1 aromatic heterocycles. The van der Waals surface area contributed by atoms with Gasteiger partial charge in [-0.1, -0.05) is 6.58 Å². The Morgan fingerprint density at radius 1 is 1.54 bits per heavy atom. The second-order valence-corrected chi connectivity index (χ2v) is 4.89. The Morgan fingerprint density at radius 3 is 2.54 bits per heavy atom. The van der Waals surface area contributed by atoms with Crippen molar-refractivity contribution in [3.8, 4) is 0 Å². The first kappa shape index (κ1) is 9.92. The fourth-order valence-electron chi connectivity index (χ4n) is 1.01. The highest BCUT2D eigenvalue weighted by atomic mass is 32.2. The number of rotatable bonds is 2. The molecule has 0 unspecified atom stereocenters. The highest BCUT2D eigenvalue weighted by Crippen LogP contribution is 2.18. The molecule has 1 rings (SSSR count). The van der Waals surface area contributed by atoms with Gasteiger partial charge in [-0.15, -0.1) is 0 Å². The maximum Gasteiger partial charge on any atom is 0.177 e. The molecule has 0 aromatic carbocycles. The van der Waals surface area contributed by atoms with Crippen LogP contribution in [0.1, 0.15) is 12.6 Å². The molecule has 1 aromatic rings. The summed E-state index contributed by atoms with van der Waals surface area (Å²) in [6.45, 7) is 5.41. The number of pyridine rings is 1. The summed E-state index contributed by atoms with van der Waals surface area (Å²) in [6, 6.07) is 3.13. The van der Waals surface area contributed by atoms with E-state index in [9.17, 15) is 8.42 Å². The molecule has 0 aliphatic rings. The van der Waals surface area contributed by atoms with Crippen LogP contribution in [0.4, 0.5) is 0 Å². The Bertz CT molecular complexity index is 435. The Labute approximate surface area is 78.0 Å². The maximum absolute atomic E-state index is 11.3. The number of nitrogens with zero attached hydrogens (tertiary/aromatic N) is 1. The second-order valence-electron chi connectivity index (χ2n) is 2.90. The van der Waals surface area contributed by atoms with E-state index in [4.69, 9.17) is 0 Å². The molecule has 0 aliphatic heterocycles. The van der Waals surface area contributed by atoms with Gasteiger partial charge >= 0.3 is 0 Å². The first-order chi connectivity index (χ1) is 5.93. The Kier molecular flexibility index (Phi) is 2.52. The van der Waals surface area contributed by atoms with Crippen LogP contribution in [-0.4, -0.2) is 19.7 Å². The number of sulfone groups is 1. The van der Waals surface area contributed by atoms with Gasteiger partial charge in [-0.3, -0.25) is 4.98 Å². The zero-order valence-corrected chi connectivity index (χ0v) is 8.43. The molecule has 70 valence electrons. The number of hydrogen-bond donors (Lipinski definition) is 0. The van der Waals surface area contributed by atoms with Crippen LogP contribution in [0.3, 0.4) is 0 Å². The number of allylic oxidation sites excluding steroid dienone is 1. The summed E-state index contributed by atoms with van der Waals surface area (Å²) in [5.74, 6) is 0. The number of aromatic nitrogens is 1. The van der Waals surface area contributed by atoms with Gasteiger partial charge in [-0.05, 0) is 24.6 Å². The van der Waals surface area contributed by atoms with Gasteiger partial charge in [0.1, 0.15) is 0 Å². The summed E-state index contributed by atoms with van der Waals surface area (Å²) in [7, 11) is -3.20. The van der Waals surface area contributed by atoms with Crippen LogP contribution in [0.5, 0.6) is 0 Å². The van der Waals surface area contributed by atoms with Crippen LogP contribution in [0.25, 0.3) is 5.57 Å². The van der Waals surface area contributed by atoms with E-state index in [1.165, 1.54) is 6.07 Å². The van der Waals surface area contributed by atoms with Crippen molar-refractivity contribution < 1.29 is 8.42 Å². The van der Waals surface area contributed by atoms with E-state index in [1.807, 2.05) is 0 Å². The standard InChI is InChI=1S/C9H11NO2S/c1-7(2)9-8(13(3,11)12)5-4-6-10-9/h4-6H,1H2,2-3H3. The van der Waals surface area contributed by atoms with E-state index in [0.717, 1.165) is 6.26 Å². The molecule has 13 heavy (non-hydrogen) atoms. The van der Waals surface area contributed by atoms with E-state index < -0.39 is 9.84 Å². The minimum atomic E-state index is -3.20. The third kappa shape index (κ3) is 2.15. The summed E-state index contributed by atoms with van der Waals surface area (Å²) in [5.41, 5.74) is 1.10. The average molecular weight is 197 g/mol. The van der Waals surface area contributed by atoms with E-state index >= 15 is 0 Å². The van der Waals surface area contributed by atoms with Crippen molar-refractivity contribution in [2.75, 3.05) is 6.26 Å². The molecule has 0 spiro atoms. The van der Waals surface area contributed by atoms with Gasteiger partial charge in [0, 0.05) is 12.5 Å². The monoisotopic (exact) mass is 197 g/mol. The van der Waals surface area contributed by atoms with Crippen molar-refractivity contribution >= 4 is 15.4 Å². The fourth-order valence-corrected chi connectivity index (χ4v) is 1.91. The lowest BCUT2D eigenvalue weighted by Crippen LogP contribution is -2.02. The van der Waals surface area contributed by atoms with E-state index in [-0.39, 0.29) is 4.90 Å². The molecule has 0 atom stereocenters. The molecule has 0 amide bonds. The quantitative estimate of drug-likeness (QED) is 0.722. The summed E-state index contributed by atoms with van der Waals surface area (Å²) >= 11 is 0. The summed E-state index contributed by atoms with van der Waals surface area (Å²) in [4.78, 5) is 4.20. The van der Waals surface area contributed by atoms with Gasteiger partial charge < -0.3 is 0 Å². The molecule has 0 bridgehead atoms. The minimum Gasteiger partial charge on any atom is -0.255 e. The van der Waals surface area contributed by atoms with Crippen molar-refractivity contribution in [1.29, 1.82) is 0 Å². The SMILES string of the molecule is C=C(C)c1ncccc1S(C)(=O)=O. The largest absolute Gasteiger partial charge is 0.255 e. The second kappa shape index (κ2) is 3.30. The first-order valence-corrected chi connectivity index (χ1v) is 5.63. The minimum absolute atomic E-state index is 0.238. The lowest BCUT2D eigenvalue weighted by atomic mass is 10.2. The Morgan fingerprint density at radius 2 is 2.15 bits per heavy atom. The molecule has 0 aliphatic carbocycles. The molecule has 0 radical (unpaired) electrons. The van der Waals surface area contributed by atoms with Crippen LogP contribution in [0, 0.1) is 0 Å². The predicted molar refractivity (Wildman–Crippen MR) is 52.1 cm³/mol. The number of hydrogen-bond acceptors (Lipinski definition) is 3. The van der Waals surface area contributed by atoms with E-state index in [0.29, 0.717) is 11.3 Å². The van der Waals surface area contributed by atoms with Crippen molar-refractivity contribution in [3.63, 3.8) is 0 Å². The first-order valence-electron chi connectivity index (χ1n) is 3.74. The summed E-state index contributed by atoms with van der Waals surface area (Å²) in [5, 5.41) is 0. The Balaban J connectivity index is 3.46. The average Bonchev–Trinajstić information content (AvgIpc) is 2.03. The maximum atomic E-state index is 11.3. The highest BCUT2D eigenvalue weighted by molar-refractivity contribution is 7.90. The third-order valence-corrected chi connectivity index (χ3v) is 2.70. The van der Waals surface area contributed by atoms with Gasteiger partial charge in [0.05, 0.1) is 10.6 Å². The van der Waals surface area contributed by atoms with Crippen LogP contribution in [-0.2, 0) is 9.84 Å². The van der Waals surface area contributed by atoms with Crippen molar-refractivity contribution in [2.45, 2.75) is 11.8 Å². The molecular formula is C9H11NO2S. The fraction of sp³-hybridized carbons (Fsp3) is 0.222. The van der Waals surface area contributed by atoms with Crippen LogP contribution < -0.4 is 0 Å². The lowest BCUT2D eigenvalue weighted by molar-refractivity contribution is 0.601. The molecule has 3 nitrogen and oxygen atoms in total. The predicted octanol–water partition coefficient (Wildman–Crippen LogP) is 1.52. The molecular weight excluding hydrogens is 186 g/mol. The van der Waals surface area contributed by atoms with Crippen molar-refractivity contribution in [2.24, 2.45) is 0 Å². The topological polar surface area (TPSA) is 47.0 Å². The molecule has 0 N–H and O–H groups in total. The van der Waals surface area contributed by atoms with Gasteiger partial charge in [-0.2, -0.15) is 0 Å². The normalized spacial score (nSPS) is 11.2. The van der Waals surface area contributed by atoms with Crippen molar-refractivity contribution in [1.82, 2.24) is 4.98 Å².